The van der Waals surface area contributed by atoms with Crippen molar-refractivity contribution >= 4 is 47.6 Å². The van der Waals surface area contributed by atoms with E-state index in [2.05, 4.69) is 16.0 Å². The van der Waals surface area contributed by atoms with Crippen LogP contribution in [0.5, 0.6) is 0 Å². The van der Waals surface area contributed by atoms with Gasteiger partial charge in [0.25, 0.3) is 0 Å². The molecule has 0 bridgehead atoms. The summed E-state index contributed by atoms with van der Waals surface area (Å²) in [6.07, 6.45) is 0.790. The second-order valence-corrected chi connectivity index (χ2v) is 11.9. The van der Waals surface area contributed by atoms with Crippen molar-refractivity contribution in [1.82, 2.24) is 35.6 Å². The lowest BCUT2D eigenvalue weighted by Gasteiger charge is -2.32. The average Bonchev–Trinajstić information content (AvgIpc) is 3.01. The second kappa shape index (κ2) is 26.4. The fraction of sp³-hybridized carbons (Fsp3) is 0.733. The van der Waals surface area contributed by atoms with Crippen LogP contribution in [0.3, 0.4) is 0 Å². The van der Waals surface area contributed by atoms with Crippen LogP contribution >= 0.6 is 0 Å². The molecule has 0 saturated carbocycles. The van der Waals surface area contributed by atoms with Gasteiger partial charge in [0.15, 0.2) is 0 Å². The number of rotatable bonds is 20. The van der Waals surface area contributed by atoms with E-state index in [1.807, 2.05) is 4.90 Å². The number of carbonyl (C=O) groups is 8. The number of nitrogens with one attached hydrogen (secondary N) is 3. The van der Waals surface area contributed by atoms with E-state index in [1.165, 1.54) is 6.92 Å². The maximum absolute atomic E-state index is 11.7. The van der Waals surface area contributed by atoms with Gasteiger partial charge in [-0.15, -0.1) is 0 Å². The number of Topliss-reactive ketones (excluding diaryl/α,β-unsaturated/α-hetero) is 1. The molecule has 1 aliphatic rings. The highest BCUT2D eigenvalue weighted by Crippen LogP contribution is 2.04. The van der Waals surface area contributed by atoms with Gasteiger partial charge in [-0.25, -0.2) is 14.4 Å². The van der Waals surface area contributed by atoms with Crippen LogP contribution in [-0.4, -0.2) is 202 Å². The summed E-state index contributed by atoms with van der Waals surface area (Å²) in [5.41, 5.74) is 0. The molecule has 0 aromatic heterocycles. The Balaban J connectivity index is 0.00000100. The minimum absolute atomic E-state index is 0.0192. The van der Waals surface area contributed by atoms with Gasteiger partial charge in [-0.2, -0.15) is 0 Å². The smallest absolute Gasteiger partial charge is 0.326 e. The minimum Gasteiger partial charge on any atom is -0.481 e. The van der Waals surface area contributed by atoms with E-state index < -0.39 is 60.4 Å². The van der Waals surface area contributed by atoms with Crippen LogP contribution < -0.4 is 16.0 Å². The van der Waals surface area contributed by atoms with Gasteiger partial charge >= 0.3 is 41.8 Å². The van der Waals surface area contributed by atoms with Crippen molar-refractivity contribution in [3.8, 4) is 0 Å². The highest BCUT2D eigenvalue weighted by molar-refractivity contribution is 5.86. The summed E-state index contributed by atoms with van der Waals surface area (Å²) in [5, 5.41) is 61.0. The van der Waals surface area contributed by atoms with Crippen LogP contribution in [-0.2, 0) is 33.6 Å². The standard InChI is InChI=1S/C17H30N4O7.C13H23N3O7/c1-14(22)10-18-2-4-19(11-15(23)24)6-8-21(13-17(27)28)9-7-20(5-3-18)12-16(25)26;1-14-7-3-2-4-8(11(19)20)15-13(23)16-9(12(21)22)5-6-10(17)18/h2-13H2,1H3,(H,23,24)(H,25,26)(H,27,28);8-9,14H,2-7H2,1H3,(H,17,18)(H,19,20)(H,21,22)(H2,15,16,23)/t;8-,9-/m.0/s1. The zero-order chi connectivity index (χ0) is 38.9. The molecule has 9 N–H and O–H groups in total. The molecule has 1 saturated heterocycles. The molecule has 0 spiro atoms. The second-order valence-electron chi connectivity index (χ2n) is 11.9. The number of amides is 2. The molecular weight excluding hydrogens is 682 g/mol. The fourth-order valence-electron chi connectivity index (χ4n) is 4.89. The van der Waals surface area contributed by atoms with Gasteiger partial charge in [0.2, 0.25) is 0 Å². The quantitative estimate of drug-likeness (QED) is 0.0584. The Hall–Kier alpha value is -4.44. The molecular formula is C30H53N7O14. The lowest BCUT2D eigenvalue weighted by Crippen LogP contribution is -2.51. The average molecular weight is 736 g/mol. The first-order valence-electron chi connectivity index (χ1n) is 16.4. The Morgan fingerprint density at radius 1 is 0.529 bits per heavy atom. The van der Waals surface area contributed by atoms with Gasteiger partial charge in [0.05, 0.1) is 26.2 Å². The lowest BCUT2D eigenvalue weighted by atomic mass is 10.1. The minimum atomic E-state index is -1.40. The Morgan fingerprint density at radius 3 is 1.18 bits per heavy atom. The highest BCUT2D eigenvalue weighted by atomic mass is 16.4. The van der Waals surface area contributed by atoms with Crippen LogP contribution in [0.15, 0.2) is 0 Å². The third-order valence-electron chi connectivity index (χ3n) is 7.48. The van der Waals surface area contributed by atoms with Gasteiger partial charge in [0.1, 0.15) is 17.9 Å². The van der Waals surface area contributed by atoms with Crippen LogP contribution in [0.4, 0.5) is 4.79 Å². The Labute approximate surface area is 295 Å². The van der Waals surface area contributed by atoms with E-state index in [1.54, 1.807) is 21.7 Å². The molecule has 0 unspecified atom stereocenters. The molecule has 1 fully saturated rings. The van der Waals surface area contributed by atoms with Crippen molar-refractivity contribution in [3.05, 3.63) is 0 Å². The third kappa shape index (κ3) is 25.2. The number of carbonyl (C=O) groups excluding carboxylic acids is 2. The van der Waals surface area contributed by atoms with E-state index in [0.29, 0.717) is 58.8 Å². The summed E-state index contributed by atoms with van der Waals surface area (Å²) in [6.45, 7) is 5.08. The zero-order valence-corrected chi connectivity index (χ0v) is 29.1. The van der Waals surface area contributed by atoms with Crippen LogP contribution in [0.2, 0.25) is 0 Å². The van der Waals surface area contributed by atoms with Crippen molar-refractivity contribution in [2.75, 3.05) is 92.1 Å². The van der Waals surface area contributed by atoms with Crippen molar-refractivity contribution in [2.24, 2.45) is 0 Å². The molecule has 2 amide bonds. The number of ketones is 1. The predicted molar refractivity (Wildman–Crippen MR) is 179 cm³/mol. The first-order valence-corrected chi connectivity index (χ1v) is 16.4. The number of urea groups is 1. The fourth-order valence-corrected chi connectivity index (χ4v) is 4.89. The van der Waals surface area contributed by atoms with Gasteiger partial charge in [0, 0.05) is 58.8 Å². The molecule has 0 aliphatic carbocycles. The zero-order valence-electron chi connectivity index (χ0n) is 29.1. The van der Waals surface area contributed by atoms with Crippen molar-refractivity contribution in [2.45, 2.75) is 51.1 Å². The maximum atomic E-state index is 11.7. The topological polar surface area (TPSA) is 307 Å². The predicted octanol–water partition coefficient (Wildman–Crippen LogP) is -2.50. The third-order valence-corrected chi connectivity index (χ3v) is 7.48. The summed E-state index contributed by atoms with van der Waals surface area (Å²) < 4.78 is 0. The van der Waals surface area contributed by atoms with Crippen LogP contribution in [0, 0.1) is 0 Å². The number of hydrogen-bond donors (Lipinski definition) is 9. The molecule has 51 heavy (non-hydrogen) atoms. The summed E-state index contributed by atoms with van der Waals surface area (Å²) in [4.78, 5) is 96.1. The van der Waals surface area contributed by atoms with Crippen molar-refractivity contribution in [3.63, 3.8) is 0 Å². The molecule has 1 rings (SSSR count). The van der Waals surface area contributed by atoms with Gasteiger partial charge < -0.3 is 46.6 Å². The number of hydrogen-bond acceptors (Lipinski definition) is 13. The summed E-state index contributed by atoms with van der Waals surface area (Å²) in [7, 11) is 1.77. The highest BCUT2D eigenvalue weighted by Gasteiger charge is 2.25. The number of carboxylic acids is 6. The Kier molecular flexibility index (Phi) is 24.1. The normalized spacial score (nSPS) is 16.5. The number of carboxylic acid groups (broad SMARTS) is 6. The molecule has 0 aromatic rings. The number of unbranched alkanes of at least 4 members (excludes halogenated alkanes) is 1. The van der Waals surface area contributed by atoms with E-state index in [0.717, 1.165) is 13.0 Å². The lowest BCUT2D eigenvalue weighted by molar-refractivity contribution is -0.141. The monoisotopic (exact) mass is 735 g/mol. The van der Waals surface area contributed by atoms with Crippen LogP contribution in [0.1, 0.15) is 39.0 Å². The first kappa shape index (κ1) is 46.6. The SMILES string of the molecule is CC(=O)CN1CCN(CC(=O)O)CCN(CC(=O)O)CCN(CC(=O)O)CC1.CNCCCC[C@H](NC(=O)N[C@@H](CCC(=O)O)C(=O)O)C(=O)O. The molecule has 0 aromatic carbocycles. The van der Waals surface area contributed by atoms with Gasteiger partial charge in [-0.1, -0.05) is 0 Å². The molecule has 2 atom stereocenters. The van der Waals surface area contributed by atoms with E-state index in [9.17, 15) is 38.4 Å². The Bertz CT molecular complexity index is 1050. The van der Waals surface area contributed by atoms with E-state index >= 15 is 0 Å². The Morgan fingerprint density at radius 2 is 0.882 bits per heavy atom. The van der Waals surface area contributed by atoms with E-state index in [-0.39, 0.29) is 44.8 Å². The van der Waals surface area contributed by atoms with Gasteiger partial charge in [-0.3, -0.25) is 43.6 Å². The molecule has 21 nitrogen and oxygen atoms in total. The largest absolute Gasteiger partial charge is 0.481 e. The molecule has 292 valence electrons. The molecule has 21 heteroatoms. The molecule has 1 heterocycles. The summed E-state index contributed by atoms with van der Waals surface area (Å²) in [5.74, 6) is -6.75. The maximum Gasteiger partial charge on any atom is 0.326 e. The number of aliphatic carboxylic acids is 6. The first-order chi connectivity index (χ1) is 23.9. The summed E-state index contributed by atoms with van der Waals surface area (Å²) >= 11 is 0. The van der Waals surface area contributed by atoms with Crippen molar-refractivity contribution < 1.29 is 69.0 Å². The van der Waals surface area contributed by atoms with Gasteiger partial charge in [-0.05, 0) is 46.2 Å². The van der Waals surface area contributed by atoms with Crippen molar-refractivity contribution in [1.29, 1.82) is 0 Å². The molecule has 0 radical (unpaired) electrons. The number of nitrogens with zero attached hydrogens (tertiary/aromatic N) is 4. The summed E-state index contributed by atoms with van der Waals surface area (Å²) in [6, 6.07) is -3.49. The van der Waals surface area contributed by atoms with E-state index in [4.69, 9.17) is 30.6 Å². The molecule has 1 aliphatic heterocycles. The van der Waals surface area contributed by atoms with Crippen LogP contribution in [0.25, 0.3) is 0 Å².